The summed E-state index contributed by atoms with van der Waals surface area (Å²) in [5, 5.41) is 16.0. The van der Waals surface area contributed by atoms with E-state index in [4.69, 9.17) is 19.1 Å². The van der Waals surface area contributed by atoms with E-state index in [0.717, 1.165) is 36.8 Å². The van der Waals surface area contributed by atoms with Gasteiger partial charge in [-0.25, -0.2) is 4.79 Å². The first-order chi connectivity index (χ1) is 15.7. The number of carboxylic acid groups (broad SMARTS) is 1. The first-order valence-corrected chi connectivity index (χ1v) is 11.6. The number of ether oxygens (including phenoxy) is 2. The molecule has 8 heteroatoms. The van der Waals surface area contributed by atoms with Gasteiger partial charge in [0.15, 0.2) is 5.76 Å². The molecule has 3 unspecified atom stereocenters. The van der Waals surface area contributed by atoms with Gasteiger partial charge in [-0.1, -0.05) is 36.3 Å². The highest BCUT2D eigenvalue weighted by Gasteiger charge is 2.62. The SMILES string of the molecule is Cc1noc(-c2ccc(C3(C)COC4(CC(=O)O)CC4C3)cc2)c1NC(=O)O[C@H](C)C1CC1. The van der Waals surface area contributed by atoms with Gasteiger partial charge in [0.1, 0.15) is 17.5 Å². The average molecular weight is 455 g/mol. The molecule has 2 saturated carbocycles. The minimum Gasteiger partial charge on any atom is -0.481 e. The van der Waals surface area contributed by atoms with Crippen LogP contribution in [0.1, 0.15) is 57.2 Å². The number of hydrogen-bond donors (Lipinski definition) is 2. The summed E-state index contributed by atoms with van der Waals surface area (Å²) < 4.78 is 17.1. The summed E-state index contributed by atoms with van der Waals surface area (Å²) in [5.41, 5.74) is 2.39. The molecule has 1 aliphatic heterocycles. The highest BCUT2D eigenvalue weighted by Crippen LogP contribution is 2.59. The molecule has 3 fully saturated rings. The van der Waals surface area contributed by atoms with Crippen LogP contribution in [-0.4, -0.2) is 40.6 Å². The van der Waals surface area contributed by atoms with Crippen molar-refractivity contribution >= 4 is 17.7 Å². The number of aliphatic carboxylic acids is 1. The Labute approximate surface area is 192 Å². The zero-order valence-corrected chi connectivity index (χ0v) is 19.2. The Morgan fingerprint density at radius 1 is 1.27 bits per heavy atom. The maximum absolute atomic E-state index is 12.4. The molecule has 1 saturated heterocycles. The lowest BCUT2D eigenvalue weighted by Crippen LogP contribution is -2.39. The fourth-order valence-corrected chi connectivity index (χ4v) is 5.12. The number of fused-ring (bicyclic) bond motifs is 1. The van der Waals surface area contributed by atoms with E-state index in [1.54, 1.807) is 6.92 Å². The van der Waals surface area contributed by atoms with Crippen LogP contribution in [0.3, 0.4) is 0 Å². The zero-order valence-electron chi connectivity index (χ0n) is 19.2. The summed E-state index contributed by atoms with van der Waals surface area (Å²) in [6.45, 7) is 6.35. The molecule has 1 aromatic heterocycles. The lowest BCUT2D eigenvalue weighted by atomic mass is 9.76. The van der Waals surface area contributed by atoms with Crippen LogP contribution in [0.15, 0.2) is 28.8 Å². The van der Waals surface area contributed by atoms with Crippen molar-refractivity contribution in [3.8, 4) is 11.3 Å². The third-order valence-electron chi connectivity index (χ3n) is 7.51. The summed E-state index contributed by atoms with van der Waals surface area (Å²) in [6.07, 6.45) is 3.39. The second-order valence-electron chi connectivity index (χ2n) is 10.2. The van der Waals surface area contributed by atoms with Crippen molar-refractivity contribution in [1.29, 1.82) is 0 Å². The van der Waals surface area contributed by atoms with Crippen LogP contribution < -0.4 is 5.32 Å². The first-order valence-electron chi connectivity index (χ1n) is 11.6. The van der Waals surface area contributed by atoms with Gasteiger partial charge in [-0.05, 0) is 56.9 Å². The molecular formula is C25H30N2O6. The number of carbonyl (C=O) groups excluding carboxylic acids is 1. The minimum atomic E-state index is -0.803. The molecule has 0 radical (unpaired) electrons. The molecule has 1 amide bonds. The van der Waals surface area contributed by atoms with Gasteiger partial charge < -0.3 is 19.1 Å². The fourth-order valence-electron chi connectivity index (χ4n) is 5.12. The molecule has 2 heterocycles. The van der Waals surface area contributed by atoms with Crippen molar-refractivity contribution in [2.24, 2.45) is 11.8 Å². The number of nitrogens with zero attached hydrogens (tertiary/aromatic N) is 1. The second kappa shape index (κ2) is 7.87. The van der Waals surface area contributed by atoms with Crippen LogP contribution in [0, 0.1) is 18.8 Å². The Balaban J connectivity index is 1.28. The van der Waals surface area contributed by atoms with Crippen molar-refractivity contribution in [2.45, 2.75) is 70.0 Å². The highest BCUT2D eigenvalue weighted by molar-refractivity contribution is 5.90. The average Bonchev–Trinajstić information content (AvgIpc) is 3.67. The molecule has 0 bridgehead atoms. The molecule has 2 aliphatic carbocycles. The molecule has 1 aromatic carbocycles. The maximum atomic E-state index is 12.4. The predicted octanol–water partition coefficient (Wildman–Crippen LogP) is 4.91. The topological polar surface area (TPSA) is 111 Å². The van der Waals surface area contributed by atoms with Gasteiger partial charge in [-0.15, -0.1) is 0 Å². The molecule has 176 valence electrons. The van der Waals surface area contributed by atoms with Crippen molar-refractivity contribution in [3.63, 3.8) is 0 Å². The summed E-state index contributed by atoms with van der Waals surface area (Å²) in [7, 11) is 0. The minimum absolute atomic E-state index is 0.0785. The number of amides is 1. The summed E-state index contributed by atoms with van der Waals surface area (Å²) in [6, 6.07) is 7.99. The highest BCUT2D eigenvalue weighted by atomic mass is 16.6. The van der Waals surface area contributed by atoms with E-state index in [2.05, 4.69) is 17.4 Å². The molecule has 33 heavy (non-hydrogen) atoms. The van der Waals surface area contributed by atoms with Crippen molar-refractivity contribution in [2.75, 3.05) is 11.9 Å². The van der Waals surface area contributed by atoms with Crippen molar-refractivity contribution in [1.82, 2.24) is 5.16 Å². The smallest absolute Gasteiger partial charge is 0.412 e. The third-order valence-corrected chi connectivity index (χ3v) is 7.51. The number of aromatic nitrogens is 1. The van der Waals surface area contributed by atoms with Crippen molar-refractivity contribution < 1.29 is 28.7 Å². The molecular weight excluding hydrogens is 424 g/mol. The lowest BCUT2D eigenvalue weighted by molar-refractivity contribution is -0.143. The molecule has 3 aliphatic rings. The Kier molecular flexibility index (Phi) is 5.23. The molecule has 8 nitrogen and oxygen atoms in total. The van der Waals surface area contributed by atoms with Gasteiger partial charge in [0.2, 0.25) is 0 Å². The fraction of sp³-hybridized carbons (Fsp3) is 0.560. The quantitative estimate of drug-likeness (QED) is 0.611. The van der Waals surface area contributed by atoms with Crippen LogP contribution in [0.5, 0.6) is 0 Å². The van der Waals surface area contributed by atoms with E-state index in [9.17, 15) is 9.59 Å². The number of hydrogen-bond acceptors (Lipinski definition) is 6. The van der Waals surface area contributed by atoms with Crippen LogP contribution in [0.25, 0.3) is 11.3 Å². The summed E-state index contributed by atoms with van der Waals surface area (Å²) in [4.78, 5) is 23.5. The standard InChI is InChI=1S/C25H30N2O6/c1-14-21(26-23(30)32-15(2)16-4-5-16)22(33-27-14)17-6-8-18(9-7-17)24(3)10-19-11-25(19,31-13-24)12-20(28)29/h6-9,15-16,19H,4-5,10-13H2,1-3H3,(H,26,30)(H,28,29)/t15-,19?,24?,25?/m1/s1. The largest absolute Gasteiger partial charge is 0.481 e. The van der Waals surface area contributed by atoms with Gasteiger partial charge in [0.05, 0.1) is 18.6 Å². The number of nitrogens with one attached hydrogen (secondary N) is 1. The monoisotopic (exact) mass is 454 g/mol. The van der Waals surface area contributed by atoms with Crippen LogP contribution in [-0.2, 0) is 19.7 Å². The van der Waals surface area contributed by atoms with Crippen molar-refractivity contribution in [3.05, 3.63) is 35.5 Å². The van der Waals surface area contributed by atoms with E-state index < -0.39 is 17.7 Å². The molecule has 0 spiro atoms. The van der Waals surface area contributed by atoms with E-state index >= 15 is 0 Å². The molecule has 4 atom stereocenters. The van der Waals surface area contributed by atoms with Gasteiger partial charge in [0.25, 0.3) is 0 Å². The Morgan fingerprint density at radius 2 is 2.00 bits per heavy atom. The molecule has 2 N–H and O–H groups in total. The van der Waals surface area contributed by atoms with Gasteiger partial charge >= 0.3 is 12.1 Å². The summed E-state index contributed by atoms with van der Waals surface area (Å²) >= 11 is 0. The number of carbonyl (C=O) groups is 2. The lowest BCUT2D eigenvalue weighted by Gasteiger charge is -2.37. The number of anilines is 1. The van der Waals surface area contributed by atoms with E-state index in [-0.39, 0.29) is 23.9 Å². The normalized spacial score (nSPS) is 29.1. The molecule has 5 rings (SSSR count). The zero-order chi connectivity index (χ0) is 23.4. The first kappa shape index (κ1) is 21.9. The third kappa shape index (κ3) is 4.24. The van der Waals surface area contributed by atoms with Crippen LogP contribution in [0.2, 0.25) is 0 Å². The van der Waals surface area contributed by atoms with Gasteiger partial charge in [-0.2, -0.15) is 0 Å². The van der Waals surface area contributed by atoms with Gasteiger partial charge in [-0.3, -0.25) is 10.1 Å². The predicted molar refractivity (Wildman–Crippen MR) is 120 cm³/mol. The second-order valence-corrected chi connectivity index (χ2v) is 10.2. The Bertz CT molecular complexity index is 1080. The number of aryl methyl sites for hydroxylation is 1. The number of rotatable bonds is 7. The van der Waals surface area contributed by atoms with Crippen LogP contribution >= 0.6 is 0 Å². The number of carboxylic acids is 1. The number of benzene rings is 1. The maximum Gasteiger partial charge on any atom is 0.412 e. The van der Waals surface area contributed by atoms with E-state index in [1.165, 1.54) is 0 Å². The Morgan fingerprint density at radius 3 is 2.64 bits per heavy atom. The Hall–Kier alpha value is -2.87. The van der Waals surface area contributed by atoms with Gasteiger partial charge in [0, 0.05) is 11.0 Å². The van der Waals surface area contributed by atoms with E-state index in [1.807, 2.05) is 31.2 Å². The molecule has 2 aromatic rings. The summed E-state index contributed by atoms with van der Waals surface area (Å²) in [5.74, 6) is 0.427. The van der Waals surface area contributed by atoms with E-state index in [0.29, 0.717) is 29.7 Å². The van der Waals surface area contributed by atoms with Crippen LogP contribution in [0.4, 0.5) is 10.5 Å².